The number of hydrogen-bond acceptors (Lipinski definition) is 2. The molecule has 1 saturated heterocycles. The Hall–Kier alpha value is -1.27. The molecule has 0 aromatic heterocycles. The third-order valence-corrected chi connectivity index (χ3v) is 3.40. The summed E-state index contributed by atoms with van der Waals surface area (Å²) >= 11 is 0. The van der Waals surface area contributed by atoms with Gasteiger partial charge in [0.1, 0.15) is 0 Å². The van der Waals surface area contributed by atoms with Crippen molar-refractivity contribution < 1.29 is 22.8 Å². The number of halogens is 3. The maximum Gasteiger partial charge on any atom is 0.471 e. The van der Waals surface area contributed by atoms with Crippen molar-refractivity contribution in [3.63, 3.8) is 0 Å². The van der Waals surface area contributed by atoms with Crippen LogP contribution >= 0.6 is 0 Å². The van der Waals surface area contributed by atoms with E-state index in [2.05, 4.69) is 5.32 Å². The highest BCUT2D eigenvalue weighted by atomic mass is 19.4. The van der Waals surface area contributed by atoms with E-state index in [1.54, 1.807) is 0 Å². The number of amides is 2. The molecule has 4 nitrogen and oxygen atoms in total. The van der Waals surface area contributed by atoms with Crippen LogP contribution in [0.4, 0.5) is 13.2 Å². The van der Waals surface area contributed by atoms with Gasteiger partial charge in [0.2, 0.25) is 5.91 Å². The number of hydrogen-bond donors (Lipinski definition) is 1. The van der Waals surface area contributed by atoms with Crippen LogP contribution in [-0.4, -0.2) is 42.0 Å². The smallest absolute Gasteiger partial charge is 0.353 e. The summed E-state index contributed by atoms with van der Waals surface area (Å²) in [5, 5.41) is 2.81. The summed E-state index contributed by atoms with van der Waals surface area (Å²) < 4.78 is 36.7. The van der Waals surface area contributed by atoms with Gasteiger partial charge in [-0.05, 0) is 26.2 Å². The first-order valence-electron chi connectivity index (χ1n) is 6.42. The molecule has 1 aliphatic rings. The number of nitrogens with zero attached hydrogens (tertiary/aromatic N) is 1. The molecule has 7 heteroatoms. The van der Waals surface area contributed by atoms with Gasteiger partial charge in [0.25, 0.3) is 0 Å². The summed E-state index contributed by atoms with van der Waals surface area (Å²) in [7, 11) is 0. The highest BCUT2D eigenvalue weighted by Crippen LogP contribution is 2.24. The van der Waals surface area contributed by atoms with Crippen LogP contribution in [-0.2, 0) is 9.59 Å². The first kappa shape index (κ1) is 15.8. The van der Waals surface area contributed by atoms with Gasteiger partial charge in [0, 0.05) is 25.0 Å². The zero-order chi connectivity index (χ0) is 14.6. The van der Waals surface area contributed by atoms with Crippen LogP contribution in [0.1, 0.15) is 33.1 Å². The molecule has 1 aliphatic heterocycles. The van der Waals surface area contributed by atoms with E-state index in [4.69, 9.17) is 0 Å². The Morgan fingerprint density at radius 2 is 1.84 bits per heavy atom. The second kappa shape index (κ2) is 6.25. The average molecular weight is 280 g/mol. The Morgan fingerprint density at radius 3 is 2.26 bits per heavy atom. The third-order valence-electron chi connectivity index (χ3n) is 3.40. The summed E-state index contributed by atoms with van der Waals surface area (Å²) in [6, 6.07) is 0.0577. The zero-order valence-corrected chi connectivity index (χ0v) is 11.1. The topological polar surface area (TPSA) is 49.4 Å². The van der Waals surface area contributed by atoms with Crippen molar-refractivity contribution >= 4 is 11.8 Å². The average Bonchev–Trinajstić information content (AvgIpc) is 2.36. The minimum absolute atomic E-state index is 0.0169. The number of rotatable bonds is 3. The van der Waals surface area contributed by atoms with Crippen molar-refractivity contribution in [1.82, 2.24) is 10.2 Å². The van der Waals surface area contributed by atoms with Crippen molar-refractivity contribution in [2.75, 3.05) is 13.1 Å². The van der Waals surface area contributed by atoms with E-state index in [-0.39, 0.29) is 43.8 Å². The molecular weight excluding hydrogens is 261 g/mol. The predicted octanol–water partition coefficient (Wildman–Crippen LogP) is 1.70. The van der Waals surface area contributed by atoms with E-state index in [0.29, 0.717) is 0 Å². The van der Waals surface area contributed by atoms with E-state index >= 15 is 0 Å². The monoisotopic (exact) mass is 280 g/mol. The van der Waals surface area contributed by atoms with Crippen molar-refractivity contribution in [1.29, 1.82) is 0 Å². The molecule has 0 bridgehead atoms. The highest BCUT2D eigenvalue weighted by molar-refractivity contribution is 5.83. The van der Waals surface area contributed by atoms with Crippen LogP contribution in [0.5, 0.6) is 0 Å². The first-order valence-corrected chi connectivity index (χ1v) is 6.42. The molecule has 0 aromatic rings. The molecule has 110 valence electrons. The maximum absolute atomic E-state index is 12.2. The zero-order valence-electron chi connectivity index (χ0n) is 11.1. The minimum Gasteiger partial charge on any atom is -0.353 e. The fraction of sp³-hybridized carbons (Fsp3) is 0.833. The first-order chi connectivity index (χ1) is 8.75. The van der Waals surface area contributed by atoms with Crippen LogP contribution in [0.2, 0.25) is 0 Å². The number of carbonyl (C=O) groups is 2. The van der Waals surface area contributed by atoms with Crippen molar-refractivity contribution in [3.05, 3.63) is 0 Å². The van der Waals surface area contributed by atoms with Crippen LogP contribution in [0.15, 0.2) is 0 Å². The number of alkyl halides is 3. The van der Waals surface area contributed by atoms with Crippen molar-refractivity contribution in [2.24, 2.45) is 5.92 Å². The predicted molar refractivity (Wildman–Crippen MR) is 63.3 cm³/mol. The summed E-state index contributed by atoms with van der Waals surface area (Å²) in [4.78, 5) is 23.6. The van der Waals surface area contributed by atoms with E-state index in [1.807, 2.05) is 13.8 Å². The van der Waals surface area contributed by atoms with Crippen LogP contribution in [0.3, 0.4) is 0 Å². The molecule has 0 radical (unpaired) electrons. The quantitative estimate of drug-likeness (QED) is 0.855. The molecule has 1 heterocycles. The van der Waals surface area contributed by atoms with Gasteiger partial charge in [0.05, 0.1) is 0 Å². The number of nitrogens with one attached hydrogen (secondary N) is 1. The Balaban J connectivity index is 2.45. The second-order valence-electron chi connectivity index (χ2n) is 4.88. The van der Waals surface area contributed by atoms with Gasteiger partial charge in [-0.1, -0.05) is 6.92 Å². The summed E-state index contributed by atoms with van der Waals surface area (Å²) in [5.41, 5.74) is 0. The molecule has 0 saturated carbocycles. The molecule has 2 amide bonds. The van der Waals surface area contributed by atoms with Gasteiger partial charge < -0.3 is 10.2 Å². The molecule has 0 aliphatic carbocycles. The fourth-order valence-corrected chi connectivity index (χ4v) is 1.99. The lowest BCUT2D eigenvalue weighted by atomic mass is 9.95. The van der Waals surface area contributed by atoms with Crippen LogP contribution < -0.4 is 5.32 Å². The lowest BCUT2D eigenvalue weighted by Gasteiger charge is -2.32. The molecule has 19 heavy (non-hydrogen) atoms. The molecule has 1 rings (SSSR count). The molecule has 1 atom stereocenters. The maximum atomic E-state index is 12.2. The van der Waals surface area contributed by atoms with Gasteiger partial charge in [-0.25, -0.2) is 0 Å². The molecule has 1 fully saturated rings. The van der Waals surface area contributed by atoms with Gasteiger partial charge in [-0.2, -0.15) is 13.2 Å². The number of likely N-dealkylation sites (tertiary alicyclic amines) is 1. The van der Waals surface area contributed by atoms with Crippen LogP contribution in [0.25, 0.3) is 0 Å². The van der Waals surface area contributed by atoms with E-state index < -0.39 is 12.1 Å². The highest BCUT2D eigenvalue weighted by Gasteiger charge is 2.43. The van der Waals surface area contributed by atoms with Crippen LogP contribution in [0, 0.1) is 5.92 Å². The fourth-order valence-electron chi connectivity index (χ4n) is 1.99. The molecule has 1 N–H and O–H groups in total. The standard InChI is InChI=1S/C12H19F3N2O2/c1-3-8(2)16-10(18)9-4-6-17(7-5-9)11(19)12(13,14)15/h8-9H,3-7H2,1-2H3,(H,16,18). The lowest BCUT2D eigenvalue weighted by Crippen LogP contribution is -2.48. The molecule has 0 spiro atoms. The lowest BCUT2D eigenvalue weighted by molar-refractivity contribution is -0.186. The molecular formula is C12H19F3N2O2. The Labute approximate surface area is 110 Å². The molecule has 1 unspecified atom stereocenters. The SMILES string of the molecule is CCC(C)NC(=O)C1CCN(C(=O)C(F)(F)F)CC1. The Kier molecular flexibility index (Phi) is 5.20. The van der Waals surface area contributed by atoms with Gasteiger partial charge >= 0.3 is 12.1 Å². The van der Waals surface area contributed by atoms with Gasteiger partial charge in [-0.15, -0.1) is 0 Å². The summed E-state index contributed by atoms with van der Waals surface area (Å²) in [6.45, 7) is 3.78. The van der Waals surface area contributed by atoms with E-state index in [0.717, 1.165) is 11.3 Å². The Morgan fingerprint density at radius 1 is 1.32 bits per heavy atom. The summed E-state index contributed by atoms with van der Waals surface area (Å²) in [5.74, 6) is -2.24. The third kappa shape index (κ3) is 4.40. The minimum atomic E-state index is -4.83. The van der Waals surface area contributed by atoms with Gasteiger partial charge in [-0.3, -0.25) is 9.59 Å². The molecule has 0 aromatic carbocycles. The van der Waals surface area contributed by atoms with Crippen molar-refractivity contribution in [2.45, 2.75) is 45.3 Å². The largest absolute Gasteiger partial charge is 0.471 e. The van der Waals surface area contributed by atoms with E-state index in [1.165, 1.54) is 0 Å². The van der Waals surface area contributed by atoms with Crippen molar-refractivity contribution in [3.8, 4) is 0 Å². The number of carbonyl (C=O) groups excluding carboxylic acids is 2. The summed E-state index contributed by atoms with van der Waals surface area (Å²) in [6.07, 6.45) is -3.46. The van der Waals surface area contributed by atoms with E-state index in [9.17, 15) is 22.8 Å². The number of piperidine rings is 1. The van der Waals surface area contributed by atoms with Gasteiger partial charge in [0.15, 0.2) is 0 Å². The second-order valence-corrected chi connectivity index (χ2v) is 4.88. The normalized spacial score (nSPS) is 19.1. The Bertz CT molecular complexity index is 336.